The van der Waals surface area contributed by atoms with E-state index in [4.69, 9.17) is 5.73 Å². The van der Waals surface area contributed by atoms with Crippen molar-refractivity contribution < 1.29 is 4.79 Å². The molecule has 0 spiro atoms. The van der Waals surface area contributed by atoms with Crippen LogP contribution in [0.15, 0.2) is 51.4 Å². The second-order valence-electron chi connectivity index (χ2n) is 8.00. The molecule has 3 N–H and O–H groups in total. The van der Waals surface area contributed by atoms with Crippen LogP contribution in [0.1, 0.15) is 44.2 Å². The fourth-order valence-electron chi connectivity index (χ4n) is 3.58. The molecule has 0 unspecified atom stereocenters. The summed E-state index contributed by atoms with van der Waals surface area (Å²) >= 11 is 1.28. The normalized spacial score (nSPS) is 13.2. The molecule has 4 rings (SSSR count). The number of amides is 1. The van der Waals surface area contributed by atoms with Crippen LogP contribution in [0.3, 0.4) is 0 Å². The van der Waals surface area contributed by atoms with Gasteiger partial charge in [-0.2, -0.15) is 0 Å². The van der Waals surface area contributed by atoms with Crippen LogP contribution in [0.25, 0.3) is 0 Å². The predicted molar refractivity (Wildman–Crippen MR) is 128 cm³/mol. The van der Waals surface area contributed by atoms with Gasteiger partial charge >= 0.3 is 5.69 Å². The lowest BCUT2D eigenvalue weighted by Gasteiger charge is -2.24. The first kappa shape index (κ1) is 22.8. The first-order valence-corrected chi connectivity index (χ1v) is 12.0. The molecular formula is C22H27N7O3S. The lowest BCUT2D eigenvalue weighted by Crippen LogP contribution is -2.42. The minimum Gasteiger partial charge on any atom is -0.383 e. The molecule has 0 bridgehead atoms. The zero-order valence-electron chi connectivity index (χ0n) is 18.4. The number of aromatic amines is 1. The summed E-state index contributed by atoms with van der Waals surface area (Å²) in [6.07, 6.45) is 5.36. The van der Waals surface area contributed by atoms with Gasteiger partial charge in [-0.15, -0.1) is 10.2 Å². The molecule has 1 aromatic carbocycles. The predicted octanol–water partition coefficient (Wildman–Crippen LogP) is 2.02. The monoisotopic (exact) mass is 469 g/mol. The van der Waals surface area contributed by atoms with E-state index in [1.807, 2.05) is 41.8 Å². The number of rotatable bonds is 10. The fourth-order valence-corrected chi connectivity index (χ4v) is 4.44. The second kappa shape index (κ2) is 10.1. The van der Waals surface area contributed by atoms with E-state index >= 15 is 0 Å². The van der Waals surface area contributed by atoms with Gasteiger partial charge in [0.25, 0.3) is 5.56 Å². The Hall–Kier alpha value is -3.34. The molecule has 1 amide bonds. The van der Waals surface area contributed by atoms with E-state index in [2.05, 4.69) is 15.2 Å². The Balaban J connectivity index is 1.62. The summed E-state index contributed by atoms with van der Waals surface area (Å²) in [5.41, 5.74) is 5.90. The molecule has 1 saturated carbocycles. The van der Waals surface area contributed by atoms with Crippen molar-refractivity contribution >= 4 is 29.2 Å². The van der Waals surface area contributed by atoms with E-state index in [1.54, 1.807) is 6.33 Å². The van der Waals surface area contributed by atoms with Crippen LogP contribution in [0.2, 0.25) is 0 Å². The SMILES string of the molecule is CCCCN(C(=O)CSc1nncn1C1CC1)c1c(N)n(Cc2ccccc2)c(=O)[nH]c1=O. The van der Waals surface area contributed by atoms with Crippen molar-refractivity contribution in [2.24, 2.45) is 0 Å². The molecule has 2 heterocycles. The number of nitrogen functional groups attached to an aromatic ring is 1. The lowest BCUT2D eigenvalue weighted by atomic mass is 10.2. The third kappa shape index (κ3) is 5.19. The molecule has 0 saturated heterocycles. The van der Waals surface area contributed by atoms with Crippen molar-refractivity contribution in [1.82, 2.24) is 24.3 Å². The fraction of sp³-hybridized carbons (Fsp3) is 0.409. The van der Waals surface area contributed by atoms with Gasteiger partial charge in [0.2, 0.25) is 5.91 Å². The van der Waals surface area contributed by atoms with Crippen LogP contribution in [0, 0.1) is 0 Å². The number of nitrogens with one attached hydrogen (secondary N) is 1. The average molecular weight is 470 g/mol. The maximum Gasteiger partial charge on any atom is 0.330 e. The first-order chi connectivity index (χ1) is 16.0. The molecule has 3 aromatic rings. The smallest absolute Gasteiger partial charge is 0.330 e. The molecular weight excluding hydrogens is 442 g/mol. The Morgan fingerprint density at radius 2 is 2.03 bits per heavy atom. The van der Waals surface area contributed by atoms with Crippen LogP contribution in [0.4, 0.5) is 11.5 Å². The van der Waals surface area contributed by atoms with Gasteiger partial charge in [0.05, 0.1) is 12.3 Å². The van der Waals surface area contributed by atoms with Crippen molar-refractivity contribution in [1.29, 1.82) is 0 Å². The number of carbonyl (C=O) groups excluding carboxylic acids is 1. The number of nitrogens with two attached hydrogens (primary N) is 1. The number of carbonyl (C=O) groups is 1. The molecule has 11 heteroatoms. The molecule has 0 atom stereocenters. The third-order valence-electron chi connectivity index (χ3n) is 5.51. The number of hydrogen-bond acceptors (Lipinski definition) is 7. The van der Waals surface area contributed by atoms with Crippen molar-refractivity contribution in [2.75, 3.05) is 22.9 Å². The lowest BCUT2D eigenvalue weighted by molar-refractivity contribution is -0.116. The largest absolute Gasteiger partial charge is 0.383 e. The van der Waals surface area contributed by atoms with Gasteiger partial charge in [-0.3, -0.25) is 19.1 Å². The average Bonchev–Trinajstić information content (AvgIpc) is 3.55. The van der Waals surface area contributed by atoms with E-state index in [0.29, 0.717) is 24.2 Å². The number of H-pyrrole nitrogens is 1. The van der Waals surface area contributed by atoms with E-state index in [9.17, 15) is 14.4 Å². The molecule has 0 aliphatic heterocycles. The number of aromatic nitrogens is 5. The van der Waals surface area contributed by atoms with Crippen molar-refractivity contribution in [2.45, 2.75) is 50.4 Å². The Morgan fingerprint density at radius 1 is 1.27 bits per heavy atom. The zero-order valence-corrected chi connectivity index (χ0v) is 19.3. The van der Waals surface area contributed by atoms with Crippen LogP contribution in [-0.2, 0) is 11.3 Å². The van der Waals surface area contributed by atoms with Gasteiger partial charge in [-0.05, 0) is 24.8 Å². The van der Waals surface area contributed by atoms with Gasteiger partial charge in [0.15, 0.2) is 10.8 Å². The van der Waals surface area contributed by atoms with Crippen molar-refractivity contribution in [3.05, 3.63) is 63.1 Å². The summed E-state index contributed by atoms with van der Waals surface area (Å²) in [5, 5.41) is 8.75. The summed E-state index contributed by atoms with van der Waals surface area (Å²) in [7, 11) is 0. The summed E-state index contributed by atoms with van der Waals surface area (Å²) in [6, 6.07) is 9.72. The van der Waals surface area contributed by atoms with E-state index in [-0.39, 0.29) is 29.7 Å². The molecule has 0 radical (unpaired) electrons. The molecule has 10 nitrogen and oxygen atoms in total. The van der Waals surface area contributed by atoms with Gasteiger partial charge in [0.1, 0.15) is 12.1 Å². The van der Waals surface area contributed by atoms with Crippen LogP contribution < -0.4 is 21.9 Å². The maximum atomic E-state index is 13.3. The number of hydrogen-bond donors (Lipinski definition) is 2. The topological polar surface area (TPSA) is 132 Å². The minimum atomic E-state index is -0.669. The zero-order chi connectivity index (χ0) is 23.4. The third-order valence-corrected chi connectivity index (χ3v) is 6.45. The van der Waals surface area contributed by atoms with Crippen molar-refractivity contribution in [3.63, 3.8) is 0 Å². The standard InChI is InChI=1S/C22H27N7O3S/c1-2-3-11-27(17(30)13-33-22-26-24-14-29(22)16-9-10-16)18-19(23)28(21(32)25-20(18)31)12-15-7-5-4-6-8-15/h4-8,14,16H,2-3,9-13,23H2,1H3,(H,25,31,32). The Bertz CT molecular complexity index is 1230. The molecule has 2 aromatic heterocycles. The van der Waals surface area contributed by atoms with Crippen LogP contribution >= 0.6 is 11.8 Å². The number of thioether (sulfide) groups is 1. The summed E-state index contributed by atoms with van der Waals surface area (Å²) in [4.78, 5) is 42.3. The Labute approximate surface area is 194 Å². The number of benzene rings is 1. The molecule has 1 fully saturated rings. The van der Waals surface area contributed by atoms with Crippen LogP contribution in [-0.4, -0.2) is 42.5 Å². The first-order valence-electron chi connectivity index (χ1n) is 11.0. The highest BCUT2D eigenvalue weighted by atomic mass is 32.2. The molecule has 174 valence electrons. The quantitative estimate of drug-likeness (QED) is 0.434. The highest BCUT2D eigenvalue weighted by Gasteiger charge is 2.28. The molecule has 1 aliphatic carbocycles. The summed E-state index contributed by atoms with van der Waals surface area (Å²) < 4.78 is 3.27. The highest BCUT2D eigenvalue weighted by molar-refractivity contribution is 7.99. The number of nitrogens with zero attached hydrogens (tertiary/aromatic N) is 5. The maximum absolute atomic E-state index is 13.3. The number of unbranched alkanes of at least 4 members (excludes halogenated alkanes) is 1. The number of anilines is 2. The summed E-state index contributed by atoms with van der Waals surface area (Å²) in [5.74, 6) is -0.227. The van der Waals surface area contributed by atoms with E-state index in [1.165, 1.54) is 21.2 Å². The van der Waals surface area contributed by atoms with Gasteiger partial charge in [-0.25, -0.2) is 4.79 Å². The Morgan fingerprint density at radius 3 is 2.73 bits per heavy atom. The van der Waals surface area contributed by atoms with Gasteiger partial charge < -0.3 is 15.2 Å². The van der Waals surface area contributed by atoms with Gasteiger partial charge in [0, 0.05) is 12.6 Å². The summed E-state index contributed by atoms with van der Waals surface area (Å²) in [6.45, 7) is 2.51. The van der Waals surface area contributed by atoms with Crippen molar-refractivity contribution in [3.8, 4) is 0 Å². The van der Waals surface area contributed by atoms with Gasteiger partial charge in [-0.1, -0.05) is 55.4 Å². The molecule has 33 heavy (non-hydrogen) atoms. The highest BCUT2D eigenvalue weighted by Crippen LogP contribution is 2.37. The molecule has 1 aliphatic rings. The van der Waals surface area contributed by atoms with Crippen LogP contribution in [0.5, 0.6) is 0 Å². The van der Waals surface area contributed by atoms with E-state index < -0.39 is 11.2 Å². The minimum absolute atomic E-state index is 0.00763. The van der Waals surface area contributed by atoms with E-state index in [0.717, 1.165) is 24.8 Å². The Kier molecular flexibility index (Phi) is 6.97. The second-order valence-corrected chi connectivity index (χ2v) is 8.95.